The van der Waals surface area contributed by atoms with E-state index in [4.69, 9.17) is 32.7 Å². The van der Waals surface area contributed by atoms with Gasteiger partial charge in [0.25, 0.3) is 5.24 Å². The lowest BCUT2D eigenvalue weighted by Gasteiger charge is -2.08. The Morgan fingerprint density at radius 3 is 2.21 bits per heavy atom. The van der Waals surface area contributed by atoms with Crippen LogP contribution in [0.25, 0.3) is 0 Å². The van der Waals surface area contributed by atoms with Crippen molar-refractivity contribution in [1.29, 1.82) is 0 Å². The van der Waals surface area contributed by atoms with E-state index in [0.717, 1.165) is 0 Å². The normalized spacial score (nSPS) is 9.71. The van der Waals surface area contributed by atoms with Gasteiger partial charge in [-0.2, -0.15) is 0 Å². The average molecular weight is 235 g/mol. The van der Waals surface area contributed by atoms with Crippen molar-refractivity contribution in [3.8, 4) is 11.5 Å². The predicted octanol–water partition coefficient (Wildman–Crippen LogP) is 2.74. The van der Waals surface area contributed by atoms with Gasteiger partial charge in [0.1, 0.15) is 11.5 Å². The molecule has 5 heteroatoms. The van der Waals surface area contributed by atoms with Crippen molar-refractivity contribution in [2.24, 2.45) is 0 Å². The number of carbonyl (C=O) groups is 1. The molecule has 0 aromatic heterocycles. The zero-order chi connectivity index (χ0) is 10.7. The molecular weight excluding hydrogens is 227 g/mol. The Morgan fingerprint density at radius 2 is 1.79 bits per heavy atom. The highest BCUT2D eigenvalue weighted by molar-refractivity contribution is 6.68. The van der Waals surface area contributed by atoms with Gasteiger partial charge < -0.3 is 9.47 Å². The van der Waals surface area contributed by atoms with Crippen molar-refractivity contribution in [3.05, 3.63) is 22.7 Å². The van der Waals surface area contributed by atoms with Crippen molar-refractivity contribution in [2.75, 3.05) is 14.2 Å². The number of benzene rings is 1. The van der Waals surface area contributed by atoms with E-state index < -0.39 is 5.24 Å². The molecule has 1 aromatic rings. The first-order valence-electron chi connectivity index (χ1n) is 3.71. The quantitative estimate of drug-likeness (QED) is 0.755. The van der Waals surface area contributed by atoms with Crippen LogP contribution in [0.5, 0.6) is 11.5 Å². The first-order chi connectivity index (χ1) is 6.60. The van der Waals surface area contributed by atoms with E-state index in [1.54, 1.807) is 0 Å². The molecule has 0 fully saturated rings. The van der Waals surface area contributed by atoms with Gasteiger partial charge >= 0.3 is 0 Å². The fourth-order valence-electron chi connectivity index (χ4n) is 1.01. The van der Waals surface area contributed by atoms with Crippen molar-refractivity contribution in [3.63, 3.8) is 0 Å². The molecule has 1 rings (SSSR count). The molecule has 0 N–H and O–H groups in total. The van der Waals surface area contributed by atoms with E-state index >= 15 is 0 Å². The Morgan fingerprint density at radius 1 is 1.21 bits per heavy atom. The lowest BCUT2D eigenvalue weighted by Crippen LogP contribution is -1.97. The van der Waals surface area contributed by atoms with E-state index in [1.165, 1.54) is 26.4 Å². The zero-order valence-corrected chi connectivity index (χ0v) is 9.15. The lowest BCUT2D eigenvalue weighted by atomic mass is 10.2. The van der Waals surface area contributed by atoms with Crippen LogP contribution < -0.4 is 9.47 Å². The maximum Gasteiger partial charge on any atom is 0.256 e. The highest BCUT2D eigenvalue weighted by Crippen LogP contribution is 2.33. The van der Waals surface area contributed by atoms with Gasteiger partial charge in [0.2, 0.25) is 0 Å². The summed E-state index contributed by atoms with van der Waals surface area (Å²) in [7, 11) is 2.91. The third-order valence-corrected chi connectivity index (χ3v) is 2.18. The molecule has 0 radical (unpaired) electrons. The van der Waals surface area contributed by atoms with Crippen LogP contribution in [0.15, 0.2) is 12.1 Å². The second kappa shape index (κ2) is 4.53. The molecule has 0 saturated heterocycles. The summed E-state index contributed by atoms with van der Waals surface area (Å²) >= 11 is 11.1. The molecular formula is C9H8Cl2O3. The highest BCUT2D eigenvalue weighted by Gasteiger charge is 2.14. The summed E-state index contributed by atoms with van der Waals surface area (Å²) in [4.78, 5) is 11.0. The summed E-state index contributed by atoms with van der Waals surface area (Å²) in [5.74, 6) is 0.774. The Kier molecular flexibility index (Phi) is 3.61. The minimum absolute atomic E-state index is 0.222. The van der Waals surface area contributed by atoms with Gasteiger partial charge in [-0.15, -0.1) is 0 Å². The largest absolute Gasteiger partial charge is 0.496 e. The molecule has 0 amide bonds. The Balaban J connectivity index is 3.31. The first-order valence-corrected chi connectivity index (χ1v) is 4.47. The third kappa shape index (κ3) is 2.11. The second-order valence-electron chi connectivity index (χ2n) is 2.46. The van der Waals surface area contributed by atoms with Gasteiger partial charge in [-0.25, -0.2) is 0 Å². The molecule has 0 aliphatic heterocycles. The number of hydrogen-bond donors (Lipinski definition) is 0. The van der Waals surface area contributed by atoms with E-state index in [0.29, 0.717) is 16.5 Å². The van der Waals surface area contributed by atoms with E-state index in [9.17, 15) is 4.79 Å². The summed E-state index contributed by atoms with van der Waals surface area (Å²) in [6.45, 7) is 0. The average Bonchev–Trinajstić information content (AvgIpc) is 2.17. The molecule has 0 aliphatic rings. The summed E-state index contributed by atoms with van der Waals surface area (Å²) in [5.41, 5.74) is 0.222. The van der Waals surface area contributed by atoms with Gasteiger partial charge in [-0.05, 0) is 17.7 Å². The van der Waals surface area contributed by atoms with Crippen LogP contribution in [0.2, 0.25) is 5.02 Å². The third-order valence-electron chi connectivity index (χ3n) is 1.69. The molecule has 0 aliphatic carbocycles. The van der Waals surface area contributed by atoms with Crippen LogP contribution >= 0.6 is 23.2 Å². The number of halogens is 2. The Bertz CT molecular complexity index is 363. The van der Waals surface area contributed by atoms with Gasteiger partial charge in [-0.3, -0.25) is 4.79 Å². The molecule has 1 aromatic carbocycles. The SMILES string of the molecule is COc1cc(OC)c(C(=O)Cl)cc1Cl. The lowest BCUT2D eigenvalue weighted by molar-refractivity contribution is 0.107. The maximum atomic E-state index is 11.0. The second-order valence-corrected chi connectivity index (χ2v) is 3.21. The minimum atomic E-state index is -0.619. The highest BCUT2D eigenvalue weighted by atomic mass is 35.5. The fourth-order valence-corrected chi connectivity index (χ4v) is 1.40. The van der Waals surface area contributed by atoms with Crippen LogP contribution in [0, 0.1) is 0 Å². The number of methoxy groups -OCH3 is 2. The maximum absolute atomic E-state index is 11.0. The predicted molar refractivity (Wildman–Crippen MR) is 54.7 cm³/mol. The number of hydrogen-bond acceptors (Lipinski definition) is 3. The Labute approximate surface area is 91.5 Å². The molecule has 76 valence electrons. The Hall–Kier alpha value is -0.930. The van der Waals surface area contributed by atoms with Gasteiger partial charge in [0, 0.05) is 6.07 Å². The zero-order valence-electron chi connectivity index (χ0n) is 7.64. The molecule has 0 saturated carbocycles. The summed E-state index contributed by atoms with van der Waals surface area (Å²) < 4.78 is 9.92. The molecule has 0 spiro atoms. The van der Waals surface area contributed by atoms with Crippen LogP contribution in [0.4, 0.5) is 0 Å². The molecule has 3 nitrogen and oxygen atoms in total. The van der Waals surface area contributed by atoms with Crippen LogP contribution in [-0.4, -0.2) is 19.5 Å². The smallest absolute Gasteiger partial charge is 0.256 e. The minimum Gasteiger partial charge on any atom is -0.496 e. The van der Waals surface area contributed by atoms with Crippen LogP contribution in [0.3, 0.4) is 0 Å². The van der Waals surface area contributed by atoms with Crippen molar-refractivity contribution >= 4 is 28.4 Å². The molecule has 0 unspecified atom stereocenters. The van der Waals surface area contributed by atoms with E-state index in [2.05, 4.69) is 0 Å². The topological polar surface area (TPSA) is 35.5 Å². The van der Waals surface area contributed by atoms with Crippen LogP contribution in [-0.2, 0) is 0 Å². The molecule has 0 heterocycles. The van der Waals surface area contributed by atoms with Crippen molar-refractivity contribution in [1.82, 2.24) is 0 Å². The van der Waals surface area contributed by atoms with Gasteiger partial charge in [0.05, 0.1) is 24.8 Å². The monoisotopic (exact) mass is 234 g/mol. The number of rotatable bonds is 3. The molecule has 14 heavy (non-hydrogen) atoms. The summed E-state index contributed by atoms with van der Waals surface area (Å²) in [5, 5.41) is -0.302. The first kappa shape index (κ1) is 11.1. The van der Waals surface area contributed by atoms with E-state index in [-0.39, 0.29) is 5.56 Å². The van der Waals surface area contributed by atoms with Crippen molar-refractivity contribution < 1.29 is 14.3 Å². The molecule has 0 atom stereocenters. The number of carbonyl (C=O) groups excluding carboxylic acids is 1. The number of ether oxygens (including phenoxy) is 2. The van der Waals surface area contributed by atoms with Crippen LogP contribution in [0.1, 0.15) is 10.4 Å². The standard InChI is InChI=1S/C9H8Cl2O3/c1-13-7-4-8(14-2)6(10)3-5(7)9(11)12/h3-4H,1-2H3. The van der Waals surface area contributed by atoms with Gasteiger partial charge in [0.15, 0.2) is 0 Å². The van der Waals surface area contributed by atoms with Gasteiger partial charge in [-0.1, -0.05) is 11.6 Å². The summed E-state index contributed by atoms with van der Waals surface area (Å²) in [6.07, 6.45) is 0. The fraction of sp³-hybridized carbons (Fsp3) is 0.222. The molecule has 0 bridgehead atoms. The summed E-state index contributed by atoms with van der Waals surface area (Å²) in [6, 6.07) is 2.92. The van der Waals surface area contributed by atoms with Crippen molar-refractivity contribution in [2.45, 2.75) is 0 Å². The van der Waals surface area contributed by atoms with E-state index in [1.807, 2.05) is 0 Å².